The van der Waals surface area contributed by atoms with E-state index in [4.69, 9.17) is 4.74 Å². The van der Waals surface area contributed by atoms with Crippen molar-refractivity contribution >= 4 is 15.9 Å². The van der Waals surface area contributed by atoms with Gasteiger partial charge in [0.25, 0.3) is 5.91 Å². The summed E-state index contributed by atoms with van der Waals surface area (Å²) in [6.45, 7) is 6.78. The molecular weight excluding hydrogens is 438 g/mol. The molecule has 2 aliphatic heterocycles. The van der Waals surface area contributed by atoms with Gasteiger partial charge < -0.3 is 10.1 Å². The van der Waals surface area contributed by atoms with Gasteiger partial charge in [-0.1, -0.05) is 37.3 Å². The third-order valence-electron chi connectivity index (χ3n) is 6.46. The van der Waals surface area contributed by atoms with Gasteiger partial charge in [0.2, 0.25) is 10.0 Å². The maximum absolute atomic E-state index is 12.9. The van der Waals surface area contributed by atoms with E-state index in [1.165, 1.54) is 17.7 Å². The van der Waals surface area contributed by atoms with Crippen LogP contribution in [0.1, 0.15) is 35.7 Å². The molecule has 1 unspecified atom stereocenters. The maximum atomic E-state index is 12.9. The molecular formula is C25H33N3O4S. The Labute approximate surface area is 196 Å². The fraction of sp³-hybridized carbons (Fsp3) is 0.480. The molecule has 1 amide bonds. The summed E-state index contributed by atoms with van der Waals surface area (Å²) in [5.41, 5.74) is 1.70. The lowest BCUT2D eigenvalue weighted by molar-refractivity contribution is -0.0292. The van der Waals surface area contributed by atoms with Crippen molar-refractivity contribution in [3.63, 3.8) is 0 Å². The number of hydrogen-bond acceptors (Lipinski definition) is 5. The van der Waals surface area contributed by atoms with E-state index in [2.05, 4.69) is 29.3 Å². The van der Waals surface area contributed by atoms with Crippen molar-refractivity contribution in [2.75, 3.05) is 39.3 Å². The Morgan fingerprint density at radius 2 is 1.73 bits per heavy atom. The Hall–Kier alpha value is -2.26. The van der Waals surface area contributed by atoms with Crippen molar-refractivity contribution in [3.05, 3.63) is 65.7 Å². The summed E-state index contributed by atoms with van der Waals surface area (Å²) in [5, 5.41) is 2.93. The average Bonchev–Trinajstić information content (AvgIpc) is 2.84. The number of carbonyl (C=O) groups is 1. The second kappa shape index (κ2) is 10.8. The number of benzene rings is 2. The lowest BCUT2D eigenvalue weighted by Gasteiger charge is -2.33. The van der Waals surface area contributed by atoms with Crippen LogP contribution in [0.5, 0.6) is 0 Å². The third-order valence-corrected chi connectivity index (χ3v) is 8.37. The standard InChI is InChI=1S/C25H33N3O4S/c1-20-11-13-28(14-12-20)33(30,31)24-9-7-22(8-10-24)25(29)26-17-23-19-27(15-16-32-23)18-21-5-3-2-4-6-21/h2-10,20,23H,11-19H2,1H3,(H,26,29). The lowest BCUT2D eigenvalue weighted by atomic mass is 10.0. The molecule has 1 N–H and O–H groups in total. The molecule has 8 heteroatoms. The van der Waals surface area contributed by atoms with Crippen molar-refractivity contribution in [3.8, 4) is 0 Å². The molecule has 2 aromatic carbocycles. The van der Waals surface area contributed by atoms with Gasteiger partial charge in [0.1, 0.15) is 0 Å². The first-order chi connectivity index (χ1) is 15.9. The highest BCUT2D eigenvalue weighted by Gasteiger charge is 2.28. The number of sulfonamides is 1. The number of nitrogens with one attached hydrogen (secondary N) is 1. The first-order valence-electron chi connectivity index (χ1n) is 11.7. The summed E-state index contributed by atoms with van der Waals surface area (Å²) in [5.74, 6) is 0.329. The van der Waals surface area contributed by atoms with E-state index >= 15 is 0 Å². The number of rotatable bonds is 7. The van der Waals surface area contributed by atoms with Gasteiger partial charge in [-0.2, -0.15) is 4.31 Å². The van der Waals surface area contributed by atoms with Crippen molar-refractivity contribution in [1.29, 1.82) is 0 Å². The monoisotopic (exact) mass is 471 g/mol. The minimum Gasteiger partial charge on any atom is -0.374 e. The molecule has 178 valence electrons. The van der Waals surface area contributed by atoms with Gasteiger partial charge in [0.05, 0.1) is 17.6 Å². The number of hydrogen-bond donors (Lipinski definition) is 1. The van der Waals surface area contributed by atoms with Gasteiger partial charge in [-0.15, -0.1) is 0 Å². The molecule has 33 heavy (non-hydrogen) atoms. The smallest absolute Gasteiger partial charge is 0.251 e. The van der Waals surface area contributed by atoms with Gasteiger partial charge >= 0.3 is 0 Å². The van der Waals surface area contributed by atoms with Crippen LogP contribution in [0.2, 0.25) is 0 Å². The first kappa shape index (κ1) is 23.9. The molecule has 0 spiro atoms. The molecule has 0 aliphatic carbocycles. The summed E-state index contributed by atoms with van der Waals surface area (Å²) >= 11 is 0. The van der Waals surface area contributed by atoms with Crippen LogP contribution in [0.3, 0.4) is 0 Å². The molecule has 0 radical (unpaired) electrons. The summed E-state index contributed by atoms with van der Waals surface area (Å²) in [4.78, 5) is 15.2. The van der Waals surface area contributed by atoms with Crippen LogP contribution in [0, 0.1) is 5.92 Å². The number of nitrogens with zero attached hydrogens (tertiary/aromatic N) is 2. The summed E-state index contributed by atoms with van der Waals surface area (Å²) in [7, 11) is -3.51. The lowest BCUT2D eigenvalue weighted by Crippen LogP contribution is -2.47. The molecule has 2 heterocycles. The van der Waals surface area contributed by atoms with E-state index in [0.717, 1.165) is 32.5 Å². The molecule has 0 bridgehead atoms. The minimum absolute atomic E-state index is 0.0763. The largest absolute Gasteiger partial charge is 0.374 e. The highest BCUT2D eigenvalue weighted by atomic mass is 32.2. The summed E-state index contributed by atoms with van der Waals surface area (Å²) in [6.07, 6.45) is 1.69. The highest BCUT2D eigenvalue weighted by molar-refractivity contribution is 7.89. The van der Waals surface area contributed by atoms with Crippen LogP contribution in [0.15, 0.2) is 59.5 Å². The average molecular weight is 472 g/mol. The summed E-state index contributed by atoms with van der Waals surface area (Å²) < 4.78 is 33.1. The quantitative estimate of drug-likeness (QED) is 0.672. The van der Waals surface area contributed by atoms with Crippen molar-refractivity contribution in [1.82, 2.24) is 14.5 Å². The van der Waals surface area contributed by atoms with E-state index in [1.807, 2.05) is 18.2 Å². The second-order valence-electron chi connectivity index (χ2n) is 9.03. The fourth-order valence-electron chi connectivity index (χ4n) is 4.35. The van der Waals surface area contributed by atoms with Crippen LogP contribution in [0.25, 0.3) is 0 Å². The molecule has 4 rings (SSSR count). The van der Waals surface area contributed by atoms with E-state index in [0.29, 0.717) is 37.7 Å². The van der Waals surface area contributed by atoms with Crippen LogP contribution in [-0.4, -0.2) is 69.0 Å². The van der Waals surface area contributed by atoms with Crippen LogP contribution in [0.4, 0.5) is 0 Å². The highest BCUT2D eigenvalue weighted by Crippen LogP contribution is 2.23. The Morgan fingerprint density at radius 3 is 2.42 bits per heavy atom. The number of morpholine rings is 1. The van der Waals surface area contributed by atoms with Crippen LogP contribution in [-0.2, 0) is 21.3 Å². The third kappa shape index (κ3) is 6.20. The Balaban J connectivity index is 1.29. The van der Waals surface area contributed by atoms with Crippen molar-refractivity contribution in [2.24, 2.45) is 5.92 Å². The number of amides is 1. The van der Waals surface area contributed by atoms with Crippen LogP contribution < -0.4 is 5.32 Å². The van der Waals surface area contributed by atoms with Gasteiger partial charge in [0.15, 0.2) is 0 Å². The van der Waals surface area contributed by atoms with E-state index in [9.17, 15) is 13.2 Å². The molecule has 2 saturated heterocycles. The molecule has 2 fully saturated rings. The van der Waals surface area contributed by atoms with Crippen molar-refractivity contribution in [2.45, 2.75) is 37.3 Å². The zero-order valence-corrected chi connectivity index (χ0v) is 20.0. The van der Waals surface area contributed by atoms with Crippen LogP contribution >= 0.6 is 0 Å². The van der Waals surface area contributed by atoms with Gasteiger partial charge in [-0.05, 0) is 48.6 Å². The van der Waals surface area contributed by atoms with E-state index in [-0.39, 0.29) is 16.9 Å². The zero-order valence-electron chi connectivity index (χ0n) is 19.2. The topological polar surface area (TPSA) is 79.0 Å². The van der Waals surface area contributed by atoms with Gasteiger partial charge in [-0.25, -0.2) is 8.42 Å². The zero-order chi connectivity index (χ0) is 23.3. The summed E-state index contributed by atoms with van der Waals surface area (Å²) in [6, 6.07) is 16.5. The second-order valence-corrected chi connectivity index (χ2v) is 11.0. The predicted molar refractivity (Wildman–Crippen MR) is 127 cm³/mol. The minimum atomic E-state index is -3.51. The van der Waals surface area contributed by atoms with E-state index < -0.39 is 10.0 Å². The molecule has 0 aromatic heterocycles. The molecule has 2 aliphatic rings. The first-order valence-corrected chi connectivity index (χ1v) is 13.1. The molecule has 7 nitrogen and oxygen atoms in total. The normalized spacial score (nSPS) is 21.1. The molecule has 0 saturated carbocycles. The SMILES string of the molecule is CC1CCN(S(=O)(=O)c2ccc(C(=O)NCC3CN(Cc4ccccc4)CCO3)cc2)CC1. The number of piperidine rings is 1. The Bertz CT molecular complexity index is 1020. The maximum Gasteiger partial charge on any atom is 0.251 e. The number of ether oxygens (including phenoxy) is 1. The number of carbonyl (C=O) groups excluding carboxylic acids is 1. The van der Waals surface area contributed by atoms with E-state index in [1.54, 1.807) is 16.4 Å². The van der Waals surface area contributed by atoms with Crippen molar-refractivity contribution < 1.29 is 17.9 Å². The Morgan fingerprint density at radius 1 is 1.03 bits per heavy atom. The van der Waals surface area contributed by atoms with Gasteiger partial charge in [0, 0.05) is 44.8 Å². The molecule has 1 atom stereocenters. The fourth-order valence-corrected chi connectivity index (χ4v) is 5.82. The van der Waals surface area contributed by atoms with Gasteiger partial charge in [-0.3, -0.25) is 9.69 Å². The predicted octanol–water partition coefficient (Wildman–Crippen LogP) is 2.74. The molecule has 2 aromatic rings. The Kier molecular flexibility index (Phi) is 7.80.